The molecular formula is C27H46O4S. The molecule has 0 saturated heterocycles. The molecule has 8 atom stereocenters. The number of aliphatic hydroxyl groups is 1. The molecule has 5 heteroatoms. The molecule has 4 nitrogen and oxygen atoms in total. The fraction of sp³-hybridized carbons (Fsp3) is 0.926. The van der Waals surface area contributed by atoms with Crippen LogP contribution in [0.1, 0.15) is 105 Å². The molecule has 3 fully saturated rings. The molecule has 184 valence electrons. The molecule has 0 spiro atoms. The molecule has 0 bridgehead atoms. The summed E-state index contributed by atoms with van der Waals surface area (Å²) in [5, 5.41) is 10.1. The van der Waals surface area contributed by atoms with E-state index in [9.17, 15) is 13.5 Å². The Morgan fingerprint density at radius 3 is 2.59 bits per heavy atom. The second-order valence-corrected chi connectivity index (χ2v) is 13.5. The molecule has 0 aromatic heterocycles. The van der Waals surface area contributed by atoms with Crippen LogP contribution >= 0.6 is 0 Å². The molecule has 0 aromatic rings. The Labute approximate surface area is 197 Å². The van der Waals surface area contributed by atoms with Gasteiger partial charge < -0.3 is 5.11 Å². The lowest BCUT2D eigenvalue weighted by atomic mass is 9.47. The molecule has 3 saturated carbocycles. The highest BCUT2D eigenvalue weighted by Gasteiger charge is 2.59. The zero-order chi connectivity index (χ0) is 23.3. The third-order valence-corrected chi connectivity index (χ3v) is 11.0. The van der Waals surface area contributed by atoms with Crippen LogP contribution in [0.3, 0.4) is 0 Å². The minimum atomic E-state index is -2.76. The van der Waals surface area contributed by atoms with Crippen LogP contribution in [0.25, 0.3) is 0 Å². The molecule has 0 amide bonds. The molecule has 32 heavy (non-hydrogen) atoms. The van der Waals surface area contributed by atoms with Crippen LogP contribution < -0.4 is 0 Å². The van der Waals surface area contributed by atoms with Crippen LogP contribution in [0.15, 0.2) is 11.6 Å². The van der Waals surface area contributed by atoms with Crippen molar-refractivity contribution in [2.24, 2.45) is 40.4 Å². The first-order valence-corrected chi connectivity index (χ1v) is 14.3. The van der Waals surface area contributed by atoms with Crippen molar-refractivity contribution in [3.05, 3.63) is 11.6 Å². The highest BCUT2D eigenvalue weighted by Crippen LogP contribution is 2.67. The maximum atomic E-state index is 11.1. The van der Waals surface area contributed by atoms with E-state index in [1.54, 1.807) is 0 Å². The number of rotatable bonds is 7. The fourth-order valence-corrected chi connectivity index (χ4v) is 9.30. The van der Waals surface area contributed by atoms with Crippen molar-refractivity contribution < 1.29 is 17.7 Å². The first-order chi connectivity index (χ1) is 14.9. The minimum absolute atomic E-state index is 0.151. The molecular weight excluding hydrogens is 420 g/mol. The van der Waals surface area contributed by atoms with Gasteiger partial charge in [-0.1, -0.05) is 45.3 Å². The van der Waals surface area contributed by atoms with E-state index in [4.69, 9.17) is 4.18 Å². The zero-order valence-corrected chi connectivity index (χ0v) is 21.8. The van der Waals surface area contributed by atoms with Gasteiger partial charge in [0.05, 0.1) is 11.7 Å². The Morgan fingerprint density at radius 2 is 1.91 bits per heavy atom. The van der Waals surface area contributed by atoms with Crippen LogP contribution in [0, 0.1) is 40.4 Å². The molecule has 0 aliphatic heterocycles. The fourth-order valence-electron chi connectivity index (χ4n) is 8.87. The van der Waals surface area contributed by atoms with Crippen molar-refractivity contribution >= 4 is 11.0 Å². The highest BCUT2D eigenvalue weighted by molar-refractivity contribution is 7.67. The second-order valence-electron chi connectivity index (χ2n) is 12.9. The van der Waals surface area contributed by atoms with Gasteiger partial charge in [-0.15, -0.1) is 0 Å². The van der Waals surface area contributed by atoms with E-state index in [0.29, 0.717) is 5.41 Å². The number of thiol groups is 1. The summed E-state index contributed by atoms with van der Waals surface area (Å²) in [7, 11) is -2.76. The number of hydrogen-bond acceptors (Lipinski definition) is 4. The monoisotopic (exact) mass is 466 g/mol. The lowest BCUT2D eigenvalue weighted by molar-refractivity contribution is -0.0557. The lowest BCUT2D eigenvalue weighted by Crippen LogP contribution is -2.51. The molecule has 0 aromatic carbocycles. The minimum Gasteiger partial charge on any atom is -0.390 e. The highest BCUT2D eigenvalue weighted by atomic mass is 32.2. The molecule has 0 heterocycles. The summed E-state index contributed by atoms with van der Waals surface area (Å²) in [6.07, 6.45) is 14.9. The SMILES string of the molecule is CC(CCCC(C)(C)O)C1CCC2C3CC=C4CC(O[SH](=O)=O)CCC4(C)C3CCC12C. The van der Waals surface area contributed by atoms with Crippen molar-refractivity contribution in [1.29, 1.82) is 0 Å². The summed E-state index contributed by atoms with van der Waals surface area (Å²) < 4.78 is 27.4. The lowest BCUT2D eigenvalue weighted by Gasteiger charge is -2.58. The first kappa shape index (κ1) is 24.7. The van der Waals surface area contributed by atoms with Gasteiger partial charge in [-0.3, -0.25) is 4.18 Å². The smallest absolute Gasteiger partial charge is 0.257 e. The summed E-state index contributed by atoms with van der Waals surface area (Å²) in [5.41, 5.74) is 1.62. The third-order valence-electron chi connectivity index (χ3n) is 10.5. The summed E-state index contributed by atoms with van der Waals surface area (Å²) in [5.74, 6) is 3.89. The van der Waals surface area contributed by atoms with Crippen LogP contribution in [0.5, 0.6) is 0 Å². The van der Waals surface area contributed by atoms with Crippen molar-refractivity contribution in [1.82, 2.24) is 0 Å². The van der Waals surface area contributed by atoms with Crippen LogP contribution in [0.2, 0.25) is 0 Å². The summed E-state index contributed by atoms with van der Waals surface area (Å²) >= 11 is 0. The second kappa shape index (κ2) is 9.00. The van der Waals surface area contributed by atoms with Crippen molar-refractivity contribution in [3.63, 3.8) is 0 Å². The Hall–Kier alpha value is -0.390. The van der Waals surface area contributed by atoms with Gasteiger partial charge in [-0.2, -0.15) is 0 Å². The van der Waals surface area contributed by atoms with Crippen LogP contribution in [-0.4, -0.2) is 25.2 Å². The van der Waals surface area contributed by atoms with Gasteiger partial charge in [0.15, 0.2) is 0 Å². The van der Waals surface area contributed by atoms with Gasteiger partial charge in [0, 0.05) is 0 Å². The Kier molecular flexibility index (Phi) is 6.95. The summed E-state index contributed by atoms with van der Waals surface area (Å²) in [4.78, 5) is 0. The number of allylic oxidation sites excluding steroid dienone is 1. The quantitative estimate of drug-likeness (QED) is 0.354. The van der Waals surface area contributed by atoms with E-state index in [1.807, 2.05) is 13.8 Å². The van der Waals surface area contributed by atoms with E-state index in [1.165, 1.54) is 44.1 Å². The molecule has 8 unspecified atom stereocenters. The molecule has 1 N–H and O–H groups in total. The largest absolute Gasteiger partial charge is 0.390 e. The van der Waals surface area contributed by atoms with Crippen LogP contribution in [-0.2, 0) is 15.2 Å². The summed E-state index contributed by atoms with van der Waals surface area (Å²) in [6, 6.07) is 0. The maximum Gasteiger partial charge on any atom is 0.257 e. The molecule has 4 aliphatic rings. The van der Waals surface area contributed by atoms with Gasteiger partial charge in [0.1, 0.15) is 0 Å². The van der Waals surface area contributed by atoms with Gasteiger partial charge in [-0.25, -0.2) is 8.42 Å². The normalized spacial score (nSPS) is 42.7. The van der Waals surface area contributed by atoms with E-state index < -0.39 is 16.6 Å². The Morgan fingerprint density at radius 1 is 1.16 bits per heavy atom. The van der Waals surface area contributed by atoms with E-state index in [2.05, 4.69) is 26.8 Å². The zero-order valence-electron chi connectivity index (χ0n) is 20.9. The third kappa shape index (κ3) is 4.60. The molecule has 4 aliphatic carbocycles. The summed E-state index contributed by atoms with van der Waals surface area (Å²) in [6.45, 7) is 11.4. The molecule has 0 radical (unpaired) electrons. The average Bonchev–Trinajstić information content (AvgIpc) is 3.04. The molecule has 4 rings (SSSR count). The van der Waals surface area contributed by atoms with E-state index in [0.717, 1.165) is 61.7 Å². The first-order valence-electron chi connectivity index (χ1n) is 13.2. The van der Waals surface area contributed by atoms with Crippen molar-refractivity contribution in [2.75, 3.05) is 0 Å². The van der Waals surface area contributed by atoms with Crippen molar-refractivity contribution in [3.8, 4) is 0 Å². The maximum absolute atomic E-state index is 11.1. The standard InChI is InChI=1S/C27H46O4S/c1-18(7-6-14-25(2,3)28)22-10-11-23-21-9-8-19-17-20(31-32(29)30)12-15-26(19,4)24(21)13-16-27(22,23)5/h8,18,20-24,28,32H,6-7,9-17H2,1-5H3. The van der Waals surface area contributed by atoms with Gasteiger partial charge in [0.2, 0.25) is 0 Å². The topological polar surface area (TPSA) is 63.6 Å². The number of hydrogen-bond donors (Lipinski definition) is 2. The predicted octanol–water partition coefficient (Wildman–Crippen LogP) is 6.05. The average molecular weight is 467 g/mol. The van der Waals surface area contributed by atoms with Gasteiger partial charge in [-0.05, 0) is 112 Å². The van der Waals surface area contributed by atoms with Gasteiger partial charge >= 0.3 is 0 Å². The predicted molar refractivity (Wildman–Crippen MR) is 130 cm³/mol. The van der Waals surface area contributed by atoms with E-state index >= 15 is 0 Å². The Balaban J connectivity index is 1.46. The Bertz CT molecular complexity index is 788. The van der Waals surface area contributed by atoms with Crippen molar-refractivity contribution in [2.45, 2.75) is 117 Å². The van der Waals surface area contributed by atoms with E-state index in [-0.39, 0.29) is 11.5 Å². The van der Waals surface area contributed by atoms with Crippen LogP contribution in [0.4, 0.5) is 0 Å². The van der Waals surface area contributed by atoms with Gasteiger partial charge in [0.25, 0.3) is 11.0 Å². The number of fused-ring (bicyclic) bond motifs is 5.